The third kappa shape index (κ3) is 6.70. The minimum absolute atomic E-state index is 0.114. The first-order chi connectivity index (χ1) is 14.2. The lowest BCUT2D eigenvalue weighted by Gasteiger charge is -2.07. The number of amides is 1. The fraction of sp³-hybridized carbons (Fsp3) is 0.130. The molecule has 0 aliphatic carbocycles. The van der Waals surface area contributed by atoms with Gasteiger partial charge >= 0.3 is 0 Å². The first kappa shape index (κ1) is 19.9. The summed E-state index contributed by atoms with van der Waals surface area (Å²) in [5.74, 6) is 2.01. The van der Waals surface area contributed by atoms with Crippen molar-refractivity contribution in [2.45, 2.75) is 6.92 Å². The monoisotopic (exact) mass is 389 g/mol. The molecule has 1 amide bonds. The molecule has 0 unspecified atom stereocenters. The maximum atomic E-state index is 11.9. The Kier molecular flexibility index (Phi) is 7.23. The fourth-order valence-electron chi connectivity index (χ4n) is 2.52. The van der Waals surface area contributed by atoms with Crippen molar-refractivity contribution in [3.63, 3.8) is 0 Å². The molecule has 6 nitrogen and oxygen atoms in total. The number of para-hydroxylation sites is 1. The predicted molar refractivity (Wildman–Crippen MR) is 115 cm³/mol. The zero-order chi connectivity index (χ0) is 20.3. The Morgan fingerprint density at radius 2 is 1.69 bits per heavy atom. The van der Waals surface area contributed by atoms with Crippen molar-refractivity contribution in [1.82, 2.24) is 5.43 Å². The van der Waals surface area contributed by atoms with Crippen molar-refractivity contribution in [2.24, 2.45) is 5.10 Å². The van der Waals surface area contributed by atoms with Crippen LogP contribution in [0.25, 0.3) is 0 Å². The second-order valence-electron chi connectivity index (χ2n) is 6.09. The Hall–Kier alpha value is -3.80. The van der Waals surface area contributed by atoms with Gasteiger partial charge in [0.05, 0.1) is 19.4 Å². The molecule has 3 aromatic carbocycles. The van der Waals surface area contributed by atoms with Gasteiger partial charge in [0, 0.05) is 5.69 Å². The summed E-state index contributed by atoms with van der Waals surface area (Å²) in [5.41, 5.74) is 4.15. The van der Waals surface area contributed by atoms with Crippen LogP contribution in [-0.4, -0.2) is 25.3 Å². The lowest BCUT2D eigenvalue weighted by molar-refractivity contribution is -0.119. The number of benzene rings is 3. The second-order valence-corrected chi connectivity index (χ2v) is 6.09. The molecule has 0 aliphatic rings. The van der Waals surface area contributed by atoms with E-state index in [1.165, 1.54) is 0 Å². The van der Waals surface area contributed by atoms with Crippen molar-refractivity contribution >= 4 is 17.8 Å². The van der Waals surface area contributed by atoms with Crippen LogP contribution in [0.1, 0.15) is 12.5 Å². The summed E-state index contributed by atoms with van der Waals surface area (Å²) < 4.78 is 11.2. The van der Waals surface area contributed by atoms with Gasteiger partial charge in [-0.15, -0.1) is 0 Å². The van der Waals surface area contributed by atoms with Crippen molar-refractivity contribution in [1.29, 1.82) is 0 Å². The molecule has 0 atom stereocenters. The molecule has 0 saturated heterocycles. The van der Waals surface area contributed by atoms with E-state index in [0.717, 1.165) is 22.7 Å². The van der Waals surface area contributed by atoms with E-state index >= 15 is 0 Å². The van der Waals surface area contributed by atoms with Gasteiger partial charge in [-0.3, -0.25) is 4.79 Å². The van der Waals surface area contributed by atoms with Crippen LogP contribution in [0.15, 0.2) is 84.0 Å². The Morgan fingerprint density at radius 1 is 0.931 bits per heavy atom. The van der Waals surface area contributed by atoms with Gasteiger partial charge in [-0.1, -0.05) is 30.3 Å². The Morgan fingerprint density at radius 3 is 2.45 bits per heavy atom. The van der Waals surface area contributed by atoms with E-state index in [1.54, 1.807) is 6.21 Å². The van der Waals surface area contributed by atoms with E-state index in [4.69, 9.17) is 9.47 Å². The first-order valence-electron chi connectivity index (χ1n) is 9.34. The number of nitrogens with zero attached hydrogens (tertiary/aromatic N) is 1. The molecule has 6 heteroatoms. The van der Waals surface area contributed by atoms with E-state index in [1.807, 2.05) is 85.8 Å². The van der Waals surface area contributed by atoms with Crippen LogP contribution in [0.3, 0.4) is 0 Å². The van der Waals surface area contributed by atoms with Crippen molar-refractivity contribution < 1.29 is 14.3 Å². The molecule has 2 N–H and O–H groups in total. The summed E-state index contributed by atoms with van der Waals surface area (Å²) in [4.78, 5) is 11.9. The molecule has 0 aliphatic heterocycles. The zero-order valence-electron chi connectivity index (χ0n) is 16.2. The molecule has 0 radical (unpaired) electrons. The van der Waals surface area contributed by atoms with E-state index in [9.17, 15) is 4.79 Å². The summed E-state index contributed by atoms with van der Waals surface area (Å²) in [6.45, 7) is 2.67. The van der Waals surface area contributed by atoms with Crippen LogP contribution < -0.4 is 20.2 Å². The SMILES string of the molecule is CCOc1ccc(NCC(=O)NN=Cc2cccc(Oc3ccccc3)c2)cc1. The predicted octanol–water partition coefficient (Wildman–Crippen LogP) is 4.44. The van der Waals surface area contributed by atoms with Gasteiger partial charge in [0.25, 0.3) is 5.91 Å². The molecule has 0 bridgehead atoms. The van der Waals surface area contributed by atoms with Gasteiger partial charge in [-0.05, 0) is 61.0 Å². The Bertz CT molecular complexity index is 941. The summed E-state index contributed by atoms with van der Waals surface area (Å²) in [7, 11) is 0. The number of anilines is 1. The number of carbonyl (C=O) groups is 1. The fourth-order valence-corrected chi connectivity index (χ4v) is 2.52. The minimum atomic E-state index is -0.244. The molecule has 0 aromatic heterocycles. The molecule has 29 heavy (non-hydrogen) atoms. The van der Waals surface area contributed by atoms with Crippen molar-refractivity contribution in [3.8, 4) is 17.2 Å². The van der Waals surface area contributed by atoms with Gasteiger partial charge in [-0.2, -0.15) is 5.10 Å². The van der Waals surface area contributed by atoms with E-state index in [2.05, 4.69) is 15.8 Å². The van der Waals surface area contributed by atoms with Gasteiger partial charge < -0.3 is 14.8 Å². The highest BCUT2D eigenvalue weighted by Crippen LogP contribution is 2.21. The normalized spacial score (nSPS) is 10.5. The molecule has 0 spiro atoms. The molecule has 0 heterocycles. The minimum Gasteiger partial charge on any atom is -0.494 e. The average molecular weight is 389 g/mol. The van der Waals surface area contributed by atoms with Gasteiger partial charge in [-0.25, -0.2) is 5.43 Å². The van der Waals surface area contributed by atoms with Crippen molar-refractivity contribution in [2.75, 3.05) is 18.5 Å². The van der Waals surface area contributed by atoms with Crippen LogP contribution in [0, 0.1) is 0 Å². The lowest BCUT2D eigenvalue weighted by Crippen LogP contribution is -2.25. The standard InChI is InChI=1S/C23H23N3O3/c1-2-28-20-13-11-19(12-14-20)24-17-23(27)26-25-16-18-7-6-10-22(15-18)29-21-8-4-3-5-9-21/h3-16,24H,2,17H2,1H3,(H,26,27). The smallest absolute Gasteiger partial charge is 0.259 e. The molecule has 3 aromatic rings. The maximum Gasteiger partial charge on any atom is 0.259 e. The molecule has 148 valence electrons. The molecule has 3 rings (SSSR count). The first-order valence-corrected chi connectivity index (χ1v) is 9.34. The molecule has 0 saturated carbocycles. The third-order valence-corrected chi connectivity index (χ3v) is 3.86. The van der Waals surface area contributed by atoms with E-state index < -0.39 is 0 Å². The highest BCUT2D eigenvalue weighted by atomic mass is 16.5. The summed E-state index contributed by atoms with van der Waals surface area (Å²) in [6, 6.07) is 24.4. The van der Waals surface area contributed by atoms with E-state index in [0.29, 0.717) is 12.4 Å². The van der Waals surface area contributed by atoms with Crippen LogP contribution in [0.2, 0.25) is 0 Å². The van der Waals surface area contributed by atoms with Crippen molar-refractivity contribution in [3.05, 3.63) is 84.4 Å². The number of nitrogens with one attached hydrogen (secondary N) is 2. The number of hydrazone groups is 1. The number of hydrogen-bond donors (Lipinski definition) is 2. The van der Waals surface area contributed by atoms with Gasteiger partial charge in [0.2, 0.25) is 0 Å². The maximum absolute atomic E-state index is 11.9. The quantitative estimate of drug-likeness (QED) is 0.419. The zero-order valence-corrected chi connectivity index (χ0v) is 16.2. The Balaban J connectivity index is 1.46. The largest absolute Gasteiger partial charge is 0.494 e. The van der Waals surface area contributed by atoms with E-state index in [-0.39, 0.29) is 12.5 Å². The molecular formula is C23H23N3O3. The summed E-state index contributed by atoms with van der Waals surface area (Å²) in [5, 5.41) is 7.04. The Labute approximate surface area is 170 Å². The van der Waals surface area contributed by atoms with Crippen LogP contribution in [0.5, 0.6) is 17.2 Å². The summed E-state index contributed by atoms with van der Waals surface area (Å²) >= 11 is 0. The van der Waals surface area contributed by atoms with Crippen LogP contribution in [0.4, 0.5) is 5.69 Å². The number of rotatable bonds is 9. The lowest BCUT2D eigenvalue weighted by atomic mass is 10.2. The molecular weight excluding hydrogens is 366 g/mol. The summed E-state index contributed by atoms with van der Waals surface area (Å²) in [6.07, 6.45) is 1.58. The van der Waals surface area contributed by atoms with Gasteiger partial charge in [0.1, 0.15) is 17.2 Å². The highest BCUT2D eigenvalue weighted by Gasteiger charge is 2.01. The van der Waals surface area contributed by atoms with Crippen LogP contribution in [-0.2, 0) is 4.79 Å². The second kappa shape index (κ2) is 10.5. The number of hydrogen-bond acceptors (Lipinski definition) is 5. The number of carbonyl (C=O) groups excluding carboxylic acids is 1. The molecule has 0 fully saturated rings. The number of ether oxygens (including phenoxy) is 2. The topological polar surface area (TPSA) is 72.0 Å². The van der Waals surface area contributed by atoms with Crippen LogP contribution >= 0.6 is 0 Å². The average Bonchev–Trinajstić information content (AvgIpc) is 2.74. The highest BCUT2D eigenvalue weighted by molar-refractivity contribution is 5.84. The van der Waals surface area contributed by atoms with Gasteiger partial charge in [0.15, 0.2) is 0 Å². The third-order valence-electron chi connectivity index (χ3n) is 3.86.